The minimum absolute atomic E-state index is 0.183. The molecule has 8 nitrogen and oxygen atoms in total. The third-order valence-electron chi connectivity index (χ3n) is 3.34. The van der Waals surface area contributed by atoms with Crippen molar-refractivity contribution in [3.05, 3.63) is 23.3 Å². The van der Waals surface area contributed by atoms with Crippen LogP contribution in [0.15, 0.2) is 17.7 Å². The van der Waals surface area contributed by atoms with Crippen LogP contribution in [-0.4, -0.2) is 51.1 Å². The maximum Gasteiger partial charge on any atom is 0.331 e. The number of likely N-dealkylation sites (N-methyl/N-ethyl adjacent to an activating group) is 1. The first-order valence-corrected chi connectivity index (χ1v) is 6.58. The van der Waals surface area contributed by atoms with Crippen LogP contribution < -0.4 is 19.5 Å². The van der Waals surface area contributed by atoms with Crippen LogP contribution in [0, 0.1) is 0 Å². The van der Waals surface area contributed by atoms with Gasteiger partial charge in [-0.25, -0.2) is 4.79 Å². The summed E-state index contributed by atoms with van der Waals surface area (Å²) in [5, 5.41) is 2.08. The third-order valence-corrected chi connectivity index (χ3v) is 3.34. The second-order valence-corrected chi connectivity index (χ2v) is 4.61. The molecule has 0 bridgehead atoms. The van der Waals surface area contributed by atoms with E-state index in [1.165, 1.54) is 34.5 Å². The SMILES string of the molecule is COc1ccc(/C=C2/C(=O)NC(=O)N(C)C2=O)c(OC)c1OC. The fraction of sp³-hybridized carbons (Fsp3) is 0.267. The minimum atomic E-state index is -0.769. The topological polar surface area (TPSA) is 94.2 Å². The minimum Gasteiger partial charge on any atom is -0.493 e. The van der Waals surface area contributed by atoms with Crippen molar-refractivity contribution in [3.8, 4) is 17.2 Å². The van der Waals surface area contributed by atoms with Crippen LogP contribution in [0.1, 0.15) is 5.56 Å². The Labute approximate surface area is 132 Å². The Morgan fingerprint density at radius 3 is 2.22 bits per heavy atom. The van der Waals surface area contributed by atoms with Crippen molar-refractivity contribution in [3.63, 3.8) is 0 Å². The highest BCUT2D eigenvalue weighted by Gasteiger charge is 2.33. The van der Waals surface area contributed by atoms with Gasteiger partial charge in [-0.3, -0.25) is 19.8 Å². The predicted molar refractivity (Wildman–Crippen MR) is 80.4 cm³/mol. The summed E-state index contributed by atoms with van der Waals surface area (Å²) in [6.45, 7) is 0. The molecule has 122 valence electrons. The number of rotatable bonds is 4. The van der Waals surface area contributed by atoms with Crippen LogP contribution in [0.25, 0.3) is 6.08 Å². The van der Waals surface area contributed by atoms with E-state index in [0.29, 0.717) is 22.8 Å². The lowest BCUT2D eigenvalue weighted by Gasteiger charge is -2.22. The number of amides is 4. The van der Waals surface area contributed by atoms with Gasteiger partial charge in [0.05, 0.1) is 21.3 Å². The number of hydrogen-bond donors (Lipinski definition) is 1. The average Bonchev–Trinajstić information content (AvgIpc) is 2.55. The maximum atomic E-state index is 12.1. The molecule has 1 aromatic rings. The Balaban J connectivity index is 2.56. The number of carbonyl (C=O) groups is 3. The number of carbonyl (C=O) groups excluding carboxylic acids is 3. The normalized spacial score (nSPS) is 16.4. The maximum absolute atomic E-state index is 12.1. The summed E-state index contributed by atoms with van der Waals surface area (Å²) in [6, 6.07) is 2.47. The molecular formula is C15H16N2O6. The first-order valence-electron chi connectivity index (χ1n) is 6.58. The van der Waals surface area contributed by atoms with Gasteiger partial charge in [0, 0.05) is 12.6 Å². The number of hydrogen-bond acceptors (Lipinski definition) is 6. The number of imide groups is 2. The van der Waals surface area contributed by atoms with Crippen LogP contribution in [0.5, 0.6) is 17.2 Å². The molecule has 0 radical (unpaired) electrons. The molecule has 0 aromatic heterocycles. The van der Waals surface area contributed by atoms with Crippen molar-refractivity contribution in [2.24, 2.45) is 0 Å². The Morgan fingerprint density at radius 1 is 1.00 bits per heavy atom. The van der Waals surface area contributed by atoms with Crippen LogP contribution in [0.2, 0.25) is 0 Å². The van der Waals surface area contributed by atoms with E-state index in [4.69, 9.17) is 14.2 Å². The number of methoxy groups -OCH3 is 3. The molecular weight excluding hydrogens is 304 g/mol. The van der Waals surface area contributed by atoms with Crippen LogP contribution in [0.3, 0.4) is 0 Å². The molecule has 1 aliphatic rings. The van der Waals surface area contributed by atoms with Gasteiger partial charge in [-0.15, -0.1) is 0 Å². The van der Waals surface area contributed by atoms with E-state index >= 15 is 0 Å². The lowest BCUT2D eigenvalue weighted by atomic mass is 10.1. The molecule has 1 heterocycles. The van der Waals surface area contributed by atoms with Gasteiger partial charge in [0.15, 0.2) is 11.5 Å². The summed E-state index contributed by atoms with van der Waals surface area (Å²) in [5.74, 6) is -0.388. The summed E-state index contributed by atoms with van der Waals surface area (Å²) in [6.07, 6.45) is 1.33. The molecule has 1 N–H and O–H groups in total. The summed E-state index contributed by atoms with van der Waals surface area (Å²) < 4.78 is 15.7. The summed E-state index contributed by atoms with van der Waals surface area (Å²) >= 11 is 0. The second-order valence-electron chi connectivity index (χ2n) is 4.61. The molecule has 2 rings (SSSR count). The predicted octanol–water partition coefficient (Wildman–Crippen LogP) is 0.804. The van der Waals surface area contributed by atoms with Crippen molar-refractivity contribution in [2.45, 2.75) is 0 Å². The van der Waals surface area contributed by atoms with Crippen molar-refractivity contribution in [1.82, 2.24) is 10.2 Å². The molecule has 1 aromatic carbocycles. The highest BCUT2D eigenvalue weighted by atomic mass is 16.5. The van der Waals surface area contributed by atoms with Crippen LogP contribution >= 0.6 is 0 Å². The van der Waals surface area contributed by atoms with Gasteiger partial charge in [-0.2, -0.15) is 0 Å². The van der Waals surface area contributed by atoms with E-state index < -0.39 is 17.8 Å². The Bertz CT molecular complexity index is 710. The van der Waals surface area contributed by atoms with Gasteiger partial charge >= 0.3 is 6.03 Å². The first kappa shape index (κ1) is 16.3. The van der Waals surface area contributed by atoms with Gasteiger partial charge in [0.2, 0.25) is 5.75 Å². The highest BCUT2D eigenvalue weighted by molar-refractivity contribution is 6.30. The lowest BCUT2D eigenvalue weighted by Crippen LogP contribution is -2.52. The summed E-state index contributed by atoms with van der Waals surface area (Å²) in [4.78, 5) is 36.2. The molecule has 0 unspecified atom stereocenters. The van der Waals surface area contributed by atoms with Gasteiger partial charge < -0.3 is 14.2 Å². The first-order chi connectivity index (χ1) is 10.9. The molecule has 8 heteroatoms. The summed E-state index contributed by atoms with van der Waals surface area (Å²) in [5.41, 5.74) is 0.254. The quantitative estimate of drug-likeness (QED) is 0.651. The Morgan fingerprint density at radius 2 is 1.65 bits per heavy atom. The highest BCUT2D eigenvalue weighted by Crippen LogP contribution is 2.40. The monoisotopic (exact) mass is 320 g/mol. The molecule has 0 atom stereocenters. The van der Waals surface area contributed by atoms with Crippen molar-refractivity contribution in [1.29, 1.82) is 0 Å². The van der Waals surface area contributed by atoms with Gasteiger partial charge in [0.25, 0.3) is 11.8 Å². The van der Waals surface area contributed by atoms with E-state index in [9.17, 15) is 14.4 Å². The molecule has 0 aliphatic carbocycles. The zero-order chi connectivity index (χ0) is 17.1. The van der Waals surface area contributed by atoms with Crippen LogP contribution in [-0.2, 0) is 9.59 Å². The summed E-state index contributed by atoms with van der Waals surface area (Å²) in [7, 11) is 5.64. The van der Waals surface area contributed by atoms with Crippen molar-refractivity contribution in [2.75, 3.05) is 28.4 Å². The number of urea groups is 1. The van der Waals surface area contributed by atoms with E-state index in [1.807, 2.05) is 0 Å². The van der Waals surface area contributed by atoms with Gasteiger partial charge in [-0.05, 0) is 18.2 Å². The Hall–Kier alpha value is -3.03. The van der Waals surface area contributed by atoms with Gasteiger partial charge in [0.1, 0.15) is 5.57 Å². The van der Waals surface area contributed by atoms with Crippen molar-refractivity contribution < 1.29 is 28.6 Å². The molecule has 0 saturated carbocycles. The fourth-order valence-corrected chi connectivity index (χ4v) is 2.14. The molecule has 1 saturated heterocycles. The third kappa shape index (κ3) is 2.83. The molecule has 23 heavy (non-hydrogen) atoms. The molecule has 1 aliphatic heterocycles. The van der Waals surface area contributed by atoms with E-state index in [2.05, 4.69) is 5.32 Å². The van der Waals surface area contributed by atoms with Crippen molar-refractivity contribution >= 4 is 23.9 Å². The molecule has 4 amide bonds. The Kier molecular flexibility index (Phi) is 4.54. The average molecular weight is 320 g/mol. The van der Waals surface area contributed by atoms with Crippen LogP contribution in [0.4, 0.5) is 4.79 Å². The second kappa shape index (κ2) is 6.39. The molecule has 0 spiro atoms. The number of nitrogens with one attached hydrogen (secondary N) is 1. The van der Waals surface area contributed by atoms with E-state index in [-0.39, 0.29) is 5.57 Å². The number of benzene rings is 1. The number of ether oxygens (including phenoxy) is 3. The fourth-order valence-electron chi connectivity index (χ4n) is 2.14. The zero-order valence-electron chi connectivity index (χ0n) is 13.1. The van der Waals surface area contributed by atoms with Gasteiger partial charge in [-0.1, -0.05) is 0 Å². The number of barbiturate groups is 1. The standard InChI is InChI=1S/C15H16N2O6/c1-17-14(19)9(13(18)16-15(17)20)7-8-5-6-10(21-2)12(23-4)11(8)22-3/h5-7H,1-4H3,(H,16,18,20)/b9-7-. The zero-order valence-corrected chi connectivity index (χ0v) is 13.1. The number of nitrogens with zero attached hydrogens (tertiary/aromatic N) is 1. The van der Waals surface area contributed by atoms with E-state index in [0.717, 1.165) is 4.90 Å². The smallest absolute Gasteiger partial charge is 0.331 e. The molecule has 1 fully saturated rings. The largest absolute Gasteiger partial charge is 0.493 e. The van der Waals surface area contributed by atoms with E-state index in [1.54, 1.807) is 12.1 Å². The lowest BCUT2D eigenvalue weighted by molar-refractivity contribution is -0.129.